The molecule has 0 saturated carbocycles. The summed E-state index contributed by atoms with van der Waals surface area (Å²) in [6, 6.07) is -0.0467. The Morgan fingerprint density at radius 3 is 2.46 bits per heavy atom. The van der Waals surface area contributed by atoms with Crippen molar-refractivity contribution in [1.82, 2.24) is 9.27 Å². The van der Waals surface area contributed by atoms with E-state index in [1.165, 1.54) is 4.90 Å². The molecular formula is C15H21N5O3S. The third-order valence-corrected chi connectivity index (χ3v) is 4.79. The number of Topliss-reactive ketones (excluding diaryl/α,β-unsaturated/α-hetero) is 1. The molecule has 1 aromatic rings. The standard InChI is InChI=1S/C15H21N5O3S/c1-7(2)20-6-8(21)10(14(20)23)17-18-13-9(12(16)22)11(24-19-13)15(3,4)5/h7,23H,6H2,1-5H3,(H2,16,22). The van der Waals surface area contributed by atoms with Gasteiger partial charge in [0.25, 0.3) is 5.91 Å². The fourth-order valence-corrected chi connectivity index (χ4v) is 3.14. The molecule has 24 heavy (non-hydrogen) atoms. The average molecular weight is 351 g/mol. The second kappa shape index (κ2) is 6.31. The van der Waals surface area contributed by atoms with Crippen molar-refractivity contribution in [3.63, 3.8) is 0 Å². The van der Waals surface area contributed by atoms with Crippen molar-refractivity contribution in [2.24, 2.45) is 16.0 Å². The third-order valence-electron chi connectivity index (χ3n) is 3.53. The number of aromatic nitrogens is 1. The highest BCUT2D eigenvalue weighted by Crippen LogP contribution is 2.35. The number of nitrogens with zero attached hydrogens (tertiary/aromatic N) is 4. The molecule has 0 bridgehead atoms. The van der Waals surface area contributed by atoms with Crippen molar-refractivity contribution in [3.8, 4) is 0 Å². The molecule has 2 heterocycles. The van der Waals surface area contributed by atoms with Crippen LogP contribution in [0, 0.1) is 0 Å². The Balaban J connectivity index is 2.42. The van der Waals surface area contributed by atoms with E-state index < -0.39 is 5.91 Å². The quantitative estimate of drug-likeness (QED) is 0.808. The van der Waals surface area contributed by atoms with Gasteiger partial charge in [0.1, 0.15) is 5.56 Å². The lowest BCUT2D eigenvalue weighted by Crippen LogP contribution is -2.29. The zero-order chi connectivity index (χ0) is 18.2. The SMILES string of the molecule is CC(C)N1CC(=O)C(N=Nc2nsc(C(C)(C)C)c2C(N)=O)=C1O. The number of carbonyl (C=O) groups excluding carboxylic acids is 2. The van der Waals surface area contributed by atoms with Gasteiger partial charge >= 0.3 is 0 Å². The average Bonchev–Trinajstić information content (AvgIpc) is 2.98. The smallest absolute Gasteiger partial charge is 0.253 e. The lowest BCUT2D eigenvalue weighted by Gasteiger charge is -2.20. The van der Waals surface area contributed by atoms with E-state index in [1.807, 2.05) is 34.6 Å². The number of rotatable bonds is 4. The molecule has 0 aromatic carbocycles. The van der Waals surface area contributed by atoms with Crippen LogP contribution in [0.1, 0.15) is 49.9 Å². The molecule has 0 aliphatic carbocycles. The zero-order valence-electron chi connectivity index (χ0n) is 14.3. The predicted molar refractivity (Wildman–Crippen MR) is 90.4 cm³/mol. The molecule has 2 rings (SSSR count). The maximum atomic E-state index is 12.0. The fraction of sp³-hybridized carbons (Fsp3) is 0.533. The Labute approximate surface area is 144 Å². The number of carbonyl (C=O) groups is 2. The first-order chi connectivity index (χ1) is 11.0. The van der Waals surface area contributed by atoms with E-state index in [4.69, 9.17) is 5.73 Å². The maximum Gasteiger partial charge on any atom is 0.253 e. The first-order valence-corrected chi connectivity index (χ1v) is 8.26. The molecule has 0 atom stereocenters. The van der Waals surface area contributed by atoms with Gasteiger partial charge in [0.15, 0.2) is 5.70 Å². The van der Waals surface area contributed by atoms with E-state index in [2.05, 4.69) is 14.6 Å². The number of amides is 1. The summed E-state index contributed by atoms with van der Waals surface area (Å²) in [6.45, 7) is 9.55. The Bertz CT molecular complexity index is 743. The predicted octanol–water partition coefficient (Wildman–Crippen LogP) is 2.64. The number of ketones is 1. The summed E-state index contributed by atoms with van der Waals surface area (Å²) in [7, 11) is 0. The first kappa shape index (κ1) is 18.1. The van der Waals surface area contributed by atoms with Gasteiger partial charge in [-0.2, -0.15) is 4.37 Å². The molecule has 0 spiro atoms. The van der Waals surface area contributed by atoms with Crippen molar-refractivity contribution in [1.29, 1.82) is 0 Å². The summed E-state index contributed by atoms with van der Waals surface area (Å²) in [5, 5.41) is 17.8. The molecule has 130 valence electrons. The third kappa shape index (κ3) is 3.30. The van der Waals surface area contributed by atoms with Crippen molar-refractivity contribution >= 4 is 29.0 Å². The number of nitrogens with two attached hydrogens (primary N) is 1. The van der Waals surface area contributed by atoms with Crippen molar-refractivity contribution < 1.29 is 14.7 Å². The fourth-order valence-electron chi connectivity index (χ4n) is 2.27. The highest BCUT2D eigenvalue weighted by atomic mass is 32.1. The maximum absolute atomic E-state index is 12.0. The molecule has 8 nitrogen and oxygen atoms in total. The highest BCUT2D eigenvalue weighted by molar-refractivity contribution is 7.06. The minimum atomic E-state index is -0.651. The molecule has 1 aliphatic rings. The van der Waals surface area contributed by atoms with Crippen molar-refractivity contribution in [3.05, 3.63) is 22.0 Å². The van der Waals surface area contributed by atoms with E-state index in [1.54, 1.807) is 0 Å². The van der Waals surface area contributed by atoms with Crippen LogP contribution in [-0.4, -0.2) is 38.7 Å². The summed E-state index contributed by atoms with van der Waals surface area (Å²) >= 11 is 1.12. The Morgan fingerprint density at radius 2 is 2.00 bits per heavy atom. The summed E-state index contributed by atoms with van der Waals surface area (Å²) < 4.78 is 4.12. The van der Waals surface area contributed by atoms with Crippen molar-refractivity contribution in [2.75, 3.05) is 6.54 Å². The van der Waals surface area contributed by atoms with Crippen LogP contribution in [0.5, 0.6) is 0 Å². The van der Waals surface area contributed by atoms with Gasteiger partial charge in [-0.25, -0.2) is 0 Å². The van der Waals surface area contributed by atoms with Gasteiger partial charge in [-0.15, -0.1) is 10.2 Å². The molecule has 0 radical (unpaired) electrons. The van der Waals surface area contributed by atoms with Crippen LogP contribution in [0.4, 0.5) is 5.82 Å². The molecule has 3 N–H and O–H groups in total. The summed E-state index contributed by atoms with van der Waals surface area (Å²) in [4.78, 5) is 26.0. The van der Waals surface area contributed by atoms with Gasteiger partial charge in [0, 0.05) is 10.9 Å². The molecule has 9 heteroatoms. The van der Waals surface area contributed by atoms with E-state index >= 15 is 0 Å². The molecule has 1 aromatic heterocycles. The molecule has 0 saturated heterocycles. The Morgan fingerprint density at radius 1 is 1.38 bits per heavy atom. The zero-order valence-corrected chi connectivity index (χ0v) is 15.1. The van der Waals surface area contributed by atoms with Crippen LogP contribution in [0.15, 0.2) is 21.8 Å². The lowest BCUT2D eigenvalue weighted by atomic mass is 9.91. The lowest BCUT2D eigenvalue weighted by molar-refractivity contribution is -0.115. The van der Waals surface area contributed by atoms with Crippen LogP contribution in [0.25, 0.3) is 0 Å². The van der Waals surface area contributed by atoms with Crippen LogP contribution < -0.4 is 5.73 Å². The minimum Gasteiger partial charge on any atom is -0.493 e. The summed E-state index contributed by atoms with van der Waals surface area (Å²) in [5.41, 5.74) is 5.18. The van der Waals surface area contributed by atoms with Crippen LogP contribution in [0.3, 0.4) is 0 Å². The molecule has 1 amide bonds. The van der Waals surface area contributed by atoms with Crippen LogP contribution in [0.2, 0.25) is 0 Å². The van der Waals surface area contributed by atoms with Gasteiger partial charge in [-0.05, 0) is 30.8 Å². The Kier molecular flexibility index (Phi) is 4.75. The number of azo groups is 1. The van der Waals surface area contributed by atoms with Crippen molar-refractivity contribution in [2.45, 2.75) is 46.1 Å². The van der Waals surface area contributed by atoms with Gasteiger partial charge < -0.3 is 15.7 Å². The molecule has 0 unspecified atom stereocenters. The number of aliphatic hydroxyl groups excluding tert-OH is 1. The second-order valence-electron chi connectivity index (χ2n) is 6.84. The minimum absolute atomic E-state index is 0.0465. The molecular weight excluding hydrogens is 330 g/mol. The van der Waals surface area contributed by atoms with E-state index in [9.17, 15) is 14.7 Å². The monoisotopic (exact) mass is 351 g/mol. The van der Waals surface area contributed by atoms with Crippen LogP contribution >= 0.6 is 11.5 Å². The van der Waals surface area contributed by atoms with Gasteiger partial charge in [-0.1, -0.05) is 20.8 Å². The molecule has 1 aliphatic heterocycles. The normalized spacial score (nSPS) is 16.1. The summed E-state index contributed by atoms with van der Waals surface area (Å²) in [5.74, 6) is -1.14. The molecule has 0 fully saturated rings. The van der Waals surface area contributed by atoms with E-state index in [0.29, 0.717) is 4.88 Å². The van der Waals surface area contributed by atoms with E-state index in [0.717, 1.165) is 11.5 Å². The number of hydrogen-bond acceptors (Lipinski definition) is 8. The van der Waals surface area contributed by atoms with Gasteiger partial charge in [-0.3, -0.25) is 9.59 Å². The van der Waals surface area contributed by atoms with Gasteiger partial charge in [0.2, 0.25) is 17.5 Å². The second-order valence-corrected chi connectivity index (χ2v) is 7.61. The highest BCUT2D eigenvalue weighted by Gasteiger charge is 2.32. The first-order valence-electron chi connectivity index (χ1n) is 7.48. The largest absolute Gasteiger partial charge is 0.493 e. The summed E-state index contributed by atoms with van der Waals surface area (Å²) in [6.07, 6.45) is 0. The number of aliphatic hydroxyl groups is 1. The number of hydrogen-bond donors (Lipinski definition) is 2. The van der Waals surface area contributed by atoms with E-state index in [-0.39, 0.29) is 46.7 Å². The Hall–Kier alpha value is -2.29. The number of primary amides is 1. The van der Waals surface area contributed by atoms with Gasteiger partial charge in [0.05, 0.1) is 6.54 Å². The topological polar surface area (TPSA) is 121 Å². The van der Waals surface area contributed by atoms with Crippen LogP contribution in [-0.2, 0) is 10.2 Å².